The highest BCUT2D eigenvalue weighted by Gasteiger charge is 2.28. The Morgan fingerprint density at radius 3 is 2.71 bits per heavy atom. The molecule has 3 rings (SSSR count). The van der Waals surface area contributed by atoms with Crippen LogP contribution in [0.5, 0.6) is 0 Å². The van der Waals surface area contributed by atoms with Crippen molar-refractivity contribution < 1.29 is 9.90 Å². The van der Waals surface area contributed by atoms with Crippen LogP contribution in [0.1, 0.15) is 41.0 Å². The molecular formula is C16H17ClN2O2. The molecule has 1 aromatic carbocycles. The summed E-state index contributed by atoms with van der Waals surface area (Å²) >= 11 is 6.02. The Morgan fingerprint density at radius 1 is 1.38 bits per heavy atom. The van der Waals surface area contributed by atoms with Gasteiger partial charge in [0.25, 0.3) is 5.91 Å². The van der Waals surface area contributed by atoms with E-state index in [4.69, 9.17) is 11.6 Å². The molecule has 21 heavy (non-hydrogen) atoms. The van der Waals surface area contributed by atoms with Gasteiger partial charge in [0.1, 0.15) is 5.69 Å². The fourth-order valence-electron chi connectivity index (χ4n) is 2.43. The summed E-state index contributed by atoms with van der Waals surface area (Å²) in [6, 6.07) is 11.1. The lowest BCUT2D eigenvalue weighted by molar-refractivity contribution is 0.0906. The molecule has 1 saturated carbocycles. The number of aromatic nitrogens is 1. The second-order valence-corrected chi connectivity index (χ2v) is 5.74. The Labute approximate surface area is 128 Å². The third kappa shape index (κ3) is 3.12. The molecule has 1 atom stereocenters. The molecule has 1 amide bonds. The van der Waals surface area contributed by atoms with Crippen LogP contribution in [-0.2, 0) is 0 Å². The number of benzene rings is 1. The first-order chi connectivity index (χ1) is 10.2. The van der Waals surface area contributed by atoms with E-state index in [0.29, 0.717) is 16.8 Å². The van der Waals surface area contributed by atoms with Crippen LogP contribution in [0, 0.1) is 0 Å². The summed E-state index contributed by atoms with van der Waals surface area (Å²) in [5, 5.41) is 13.0. The summed E-state index contributed by atoms with van der Waals surface area (Å²) in [7, 11) is 0. The Morgan fingerprint density at radius 2 is 2.10 bits per heavy atom. The summed E-state index contributed by atoms with van der Waals surface area (Å²) in [6.07, 6.45) is 3.95. The van der Waals surface area contributed by atoms with Crippen LogP contribution in [0.15, 0.2) is 42.6 Å². The molecule has 0 bridgehead atoms. The number of halogens is 1. The van der Waals surface area contributed by atoms with Crippen LogP contribution in [0.2, 0.25) is 5.02 Å². The van der Waals surface area contributed by atoms with Crippen LogP contribution in [0.4, 0.5) is 0 Å². The molecule has 2 aromatic rings. The highest BCUT2D eigenvalue weighted by atomic mass is 35.5. The van der Waals surface area contributed by atoms with Gasteiger partial charge in [-0.3, -0.25) is 4.79 Å². The molecule has 4 nitrogen and oxygen atoms in total. The van der Waals surface area contributed by atoms with Gasteiger partial charge in [0.15, 0.2) is 0 Å². The summed E-state index contributed by atoms with van der Waals surface area (Å²) in [5.74, 6) is -0.211. The Hall–Kier alpha value is -1.78. The largest absolute Gasteiger partial charge is 0.394 e. The molecule has 1 heterocycles. The number of aliphatic hydroxyl groups excluding tert-OH is 1. The third-order valence-corrected chi connectivity index (χ3v) is 3.88. The molecular weight excluding hydrogens is 288 g/mol. The van der Waals surface area contributed by atoms with Crippen molar-refractivity contribution in [2.75, 3.05) is 6.61 Å². The van der Waals surface area contributed by atoms with Crippen molar-refractivity contribution >= 4 is 17.5 Å². The average molecular weight is 305 g/mol. The van der Waals surface area contributed by atoms with E-state index < -0.39 is 6.04 Å². The summed E-state index contributed by atoms with van der Waals surface area (Å²) in [5.41, 5.74) is 1.43. The first-order valence-electron chi connectivity index (χ1n) is 7.03. The highest BCUT2D eigenvalue weighted by molar-refractivity contribution is 6.31. The van der Waals surface area contributed by atoms with Crippen molar-refractivity contribution in [3.05, 3.63) is 58.9 Å². The minimum atomic E-state index is -0.417. The van der Waals surface area contributed by atoms with E-state index in [2.05, 4.69) is 5.32 Å². The van der Waals surface area contributed by atoms with E-state index in [0.717, 1.165) is 18.4 Å². The van der Waals surface area contributed by atoms with E-state index in [-0.39, 0.29) is 12.5 Å². The Bertz CT molecular complexity index is 635. The van der Waals surface area contributed by atoms with Crippen LogP contribution in [0.3, 0.4) is 0 Å². The molecule has 0 radical (unpaired) electrons. The minimum Gasteiger partial charge on any atom is -0.394 e. The van der Waals surface area contributed by atoms with Crippen molar-refractivity contribution in [2.24, 2.45) is 0 Å². The van der Waals surface area contributed by atoms with Gasteiger partial charge in [-0.2, -0.15) is 0 Å². The van der Waals surface area contributed by atoms with Gasteiger partial charge >= 0.3 is 0 Å². The Balaban J connectivity index is 1.79. The topological polar surface area (TPSA) is 54.3 Å². The number of amides is 1. The number of carbonyl (C=O) groups excluding carboxylic acids is 1. The molecule has 5 heteroatoms. The lowest BCUT2D eigenvalue weighted by atomic mass is 10.1. The van der Waals surface area contributed by atoms with Gasteiger partial charge in [-0.25, -0.2) is 0 Å². The highest BCUT2D eigenvalue weighted by Crippen LogP contribution is 2.37. The second kappa shape index (κ2) is 5.92. The van der Waals surface area contributed by atoms with Gasteiger partial charge < -0.3 is 15.0 Å². The number of rotatable bonds is 5. The van der Waals surface area contributed by atoms with Gasteiger partial charge in [-0.15, -0.1) is 0 Å². The molecule has 0 unspecified atom stereocenters. The fraction of sp³-hybridized carbons (Fsp3) is 0.312. The maximum atomic E-state index is 12.5. The van der Waals surface area contributed by atoms with Crippen LogP contribution in [-0.4, -0.2) is 22.2 Å². The third-order valence-electron chi connectivity index (χ3n) is 3.68. The van der Waals surface area contributed by atoms with Gasteiger partial charge in [0.05, 0.1) is 17.7 Å². The lowest BCUT2D eigenvalue weighted by Gasteiger charge is -2.17. The predicted molar refractivity (Wildman–Crippen MR) is 81.4 cm³/mol. The van der Waals surface area contributed by atoms with Gasteiger partial charge in [0, 0.05) is 12.2 Å². The first kappa shape index (κ1) is 14.2. The zero-order chi connectivity index (χ0) is 14.8. The van der Waals surface area contributed by atoms with Gasteiger partial charge in [-0.05, 0) is 24.5 Å². The van der Waals surface area contributed by atoms with E-state index in [1.165, 1.54) is 0 Å². The quantitative estimate of drug-likeness (QED) is 0.892. The monoisotopic (exact) mass is 304 g/mol. The Kier molecular flexibility index (Phi) is 3.99. The summed E-state index contributed by atoms with van der Waals surface area (Å²) in [4.78, 5) is 12.5. The molecule has 2 N–H and O–H groups in total. The molecule has 0 saturated heterocycles. The minimum absolute atomic E-state index is 0.145. The average Bonchev–Trinajstić information content (AvgIpc) is 3.28. The number of nitrogens with zero attached hydrogens (tertiary/aromatic N) is 1. The van der Waals surface area contributed by atoms with Crippen molar-refractivity contribution in [3.63, 3.8) is 0 Å². The molecule has 1 aliphatic carbocycles. The maximum Gasteiger partial charge on any atom is 0.268 e. The fourth-order valence-corrected chi connectivity index (χ4v) is 2.64. The van der Waals surface area contributed by atoms with Gasteiger partial charge in [0.2, 0.25) is 0 Å². The standard InChI is InChI=1S/C16H17ClN2O2/c17-12-8-15(19(9-12)13-6-7-13)16(21)18-14(10-20)11-4-2-1-3-5-11/h1-5,8-9,13-14,20H,6-7,10H2,(H,18,21)/t14-/m1/s1. The molecule has 1 fully saturated rings. The number of nitrogens with one attached hydrogen (secondary N) is 1. The van der Waals surface area contributed by atoms with Crippen LogP contribution < -0.4 is 5.32 Å². The SMILES string of the molecule is O=C(N[C@H](CO)c1ccccc1)c1cc(Cl)cn1C1CC1. The predicted octanol–water partition coefficient (Wildman–Crippen LogP) is 2.94. The van der Waals surface area contributed by atoms with Crippen molar-refractivity contribution in [1.82, 2.24) is 9.88 Å². The van der Waals surface area contributed by atoms with E-state index in [1.807, 2.05) is 34.9 Å². The maximum absolute atomic E-state index is 12.5. The summed E-state index contributed by atoms with van der Waals surface area (Å²) < 4.78 is 1.93. The van der Waals surface area contributed by atoms with Crippen molar-refractivity contribution in [2.45, 2.75) is 24.9 Å². The smallest absolute Gasteiger partial charge is 0.268 e. The number of aliphatic hydroxyl groups is 1. The second-order valence-electron chi connectivity index (χ2n) is 5.30. The summed E-state index contributed by atoms with van der Waals surface area (Å²) in [6.45, 7) is -0.145. The van der Waals surface area contributed by atoms with E-state index in [9.17, 15) is 9.90 Å². The molecule has 1 aromatic heterocycles. The number of hydrogen-bond donors (Lipinski definition) is 2. The van der Waals surface area contributed by atoms with Crippen LogP contribution in [0.25, 0.3) is 0 Å². The van der Waals surface area contributed by atoms with Gasteiger partial charge in [-0.1, -0.05) is 41.9 Å². The van der Waals surface area contributed by atoms with E-state index in [1.54, 1.807) is 12.3 Å². The van der Waals surface area contributed by atoms with E-state index >= 15 is 0 Å². The molecule has 0 spiro atoms. The van der Waals surface area contributed by atoms with Crippen LogP contribution >= 0.6 is 11.6 Å². The number of hydrogen-bond acceptors (Lipinski definition) is 2. The molecule has 110 valence electrons. The molecule has 1 aliphatic rings. The van der Waals surface area contributed by atoms with Crippen molar-refractivity contribution in [3.8, 4) is 0 Å². The lowest BCUT2D eigenvalue weighted by Crippen LogP contribution is -2.32. The first-order valence-corrected chi connectivity index (χ1v) is 7.41. The van der Waals surface area contributed by atoms with Crippen molar-refractivity contribution in [1.29, 1.82) is 0 Å². The zero-order valence-corrected chi connectivity index (χ0v) is 12.3. The molecule has 0 aliphatic heterocycles. The normalized spacial score (nSPS) is 15.7. The zero-order valence-electron chi connectivity index (χ0n) is 11.5. The number of carbonyl (C=O) groups is 1.